The van der Waals surface area contributed by atoms with Crippen LogP contribution in [0.2, 0.25) is 0 Å². The van der Waals surface area contributed by atoms with Crippen molar-refractivity contribution in [1.29, 1.82) is 0 Å². The lowest BCUT2D eigenvalue weighted by Crippen LogP contribution is -2.35. The number of hydrogen-bond donors (Lipinski definition) is 2. The molecule has 0 aliphatic rings. The van der Waals surface area contributed by atoms with Gasteiger partial charge in [-0.3, -0.25) is 4.79 Å². The molecule has 0 fully saturated rings. The van der Waals surface area contributed by atoms with Gasteiger partial charge >= 0.3 is 0 Å². The smallest absolute Gasteiger partial charge is 0.242 e. The van der Waals surface area contributed by atoms with E-state index < -0.39 is 0 Å². The Bertz CT molecular complexity index is 363. The Kier molecular flexibility index (Phi) is 6.35. The summed E-state index contributed by atoms with van der Waals surface area (Å²) in [5.74, 6) is -0.0177. The number of carbonyl (C=O) groups excluding carboxylic acids is 1. The van der Waals surface area contributed by atoms with E-state index in [2.05, 4.69) is 27.9 Å². The van der Waals surface area contributed by atoms with Crippen LogP contribution < -0.4 is 10.6 Å². The Hall–Kier alpha value is -1.43. The Balaban J connectivity index is 2.37. The fourth-order valence-corrected chi connectivity index (χ4v) is 1.72. The average molecular weight is 253 g/mol. The quantitative estimate of drug-likeness (QED) is 0.715. The lowest BCUT2D eigenvalue weighted by atomic mass is 10.2. The maximum atomic E-state index is 11.7. The Morgan fingerprint density at radius 3 is 2.94 bits per heavy atom. The third kappa shape index (κ3) is 5.27. The van der Waals surface area contributed by atoms with Gasteiger partial charge in [0, 0.05) is 12.6 Å². The molecule has 1 aromatic rings. The molecule has 1 rings (SSSR count). The van der Waals surface area contributed by atoms with Gasteiger partial charge in [-0.25, -0.2) is 4.68 Å². The number of carbonyl (C=O) groups is 1. The molecule has 102 valence electrons. The third-order valence-corrected chi connectivity index (χ3v) is 2.58. The van der Waals surface area contributed by atoms with Crippen LogP contribution in [0.15, 0.2) is 6.20 Å². The second-order valence-electron chi connectivity index (χ2n) is 4.45. The van der Waals surface area contributed by atoms with Crippen LogP contribution in [0, 0.1) is 0 Å². The van der Waals surface area contributed by atoms with E-state index in [0.29, 0.717) is 6.54 Å². The first-order valence-corrected chi connectivity index (χ1v) is 6.54. The van der Waals surface area contributed by atoms with Crippen molar-refractivity contribution >= 4 is 5.91 Å². The highest BCUT2D eigenvalue weighted by atomic mass is 16.2. The van der Waals surface area contributed by atoms with E-state index in [1.165, 1.54) is 0 Å². The van der Waals surface area contributed by atoms with Gasteiger partial charge in [0.1, 0.15) is 6.54 Å². The highest BCUT2D eigenvalue weighted by molar-refractivity contribution is 5.75. The zero-order chi connectivity index (χ0) is 13.4. The van der Waals surface area contributed by atoms with Gasteiger partial charge in [-0.05, 0) is 19.9 Å². The molecule has 2 N–H and O–H groups in total. The van der Waals surface area contributed by atoms with Crippen molar-refractivity contribution in [3.8, 4) is 0 Å². The first kappa shape index (κ1) is 14.6. The molecule has 0 spiro atoms. The highest BCUT2D eigenvalue weighted by Gasteiger charge is 2.08. The van der Waals surface area contributed by atoms with E-state index in [1.54, 1.807) is 10.9 Å². The molecular formula is C12H23N5O. The van der Waals surface area contributed by atoms with Gasteiger partial charge in [-0.2, -0.15) is 0 Å². The van der Waals surface area contributed by atoms with Crippen LogP contribution in [0.5, 0.6) is 0 Å². The minimum atomic E-state index is -0.0177. The summed E-state index contributed by atoms with van der Waals surface area (Å²) in [5.41, 5.74) is 0.853. The van der Waals surface area contributed by atoms with E-state index in [-0.39, 0.29) is 18.5 Å². The van der Waals surface area contributed by atoms with Crippen molar-refractivity contribution in [1.82, 2.24) is 25.6 Å². The van der Waals surface area contributed by atoms with Gasteiger partial charge < -0.3 is 10.6 Å². The predicted molar refractivity (Wildman–Crippen MR) is 69.9 cm³/mol. The number of rotatable bonds is 8. The molecule has 0 saturated heterocycles. The largest absolute Gasteiger partial charge is 0.352 e. The number of amides is 1. The molecule has 1 atom stereocenters. The van der Waals surface area contributed by atoms with Crippen LogP contribution in [0.1, 0.15) is 39.3 Å². The second kappa shape index (κ2) is 7.81. The molecule has 0 aromatic carbocycles. The predicted octanol–water partition coefficient (Wildman–Crippen LogP) is 0.692. The van der Waals surface area contributed by atoms with E-state index in [0.717, 1.165) is 25.1 Å². The maximum Gasteiger partial charge on any atom is 0.242 e. The molecule has 0 aliphatic heterocycles. The topological polar surface area (TPSA) is 71.8 Å². The van der Waals surface area contributed by atoms with Gasteiger partial charge in [0.15, 0.2) is 0 Å². The van der Waals surface area contributed by atoms with Gasteiger partial charge in [-0.1, -0.05) is 25.5 Å². The lowest BCUT2D eigenvalue weighted by Gasteiger charge is -2.12. The molecule has 18 heavy (non-hydrogen) atoms. The Labute approximate surface area is 108 Å². The first-order valence-electron chi connectivity index (χ1n) is 6.54. The van der Waals surface area contributed by atoms with Crippen molar-refractivity contribution in [2.24, 2.45) is 0 Å². The summed E-state index contributed by atoms with van der Waals surface area (Å²) in [7, 11) is 0. The number of aromatic nitrogens is 3. The summed E-state index contributed by atoms with van der Waals surface area (Å²) in [6, 6.07) is 0.215. The number of hydrogen-bond acceptors (Lipinski definition) is 4. The normalized spacial score (nSPS) is 12.4. The number of nitrogens with one attached hydrogen (secondary N) is 2. The minimum Gasteiger partial charge on any atom is -0.352 e. The number of nitrogens with zero attached hydrogens (tertiary/aromatic N) is 3. The zero-order valence-electron chi connectivity index (χ0n) is 11.4. The van der Waals surface area contributed by atoms with Crippen LogP contribution in [0.4, 0.5) is 0 Å². The molecule has 1 aromatic heterocycles. The van der Waals surface area contributed by atoms with E-state index in [9.17, 15) is 4.79 Å². The monoisotopic (exact) mass is 253 g/mol. The SMILES string of the molecule is CCCC(C)NC(=O)Cn1cc(CNCC)nn1. The molecule has 0 radical (unpaired) electrons. The fourth-order valence-electron chi connectivity index (χ4n) is 1.72. The molecule has 6 nitrogen and oxygen atoms in total. The maximum absolute atomic E-state index is 11.7. The molecule has 1 unspecified atom stereocenters. The van der Waals surface area contributed by atoms with Crippen molar-refractivity contribution in [3.63, 3.8) is 0 Å². The fraction of sp³-hybridized carbons (Fsp3) is 0.750. The summed E-state index contributed by atoms with van der Waals surface area (Å²) in [6.07, 6.45) is 3.86. The lowest BCUT2D eigenvalue weighted by molar-refractivity contribution is -0.122. The average Bonchev–Trinajstić information content (AvgIpc) is 2.74. The minimum absolute atomic E-state index is 0.0177. The van der Waals surface area contributed by atoms with E-state index >= 15 is 0 Å². The molecule has 0 aliphatic carbocycles. The molecular weight excluding hydrogens is 230 g/mol. The van der Waals surface area contributed by atoms with Crippen LogP contribution in [-0.4, -0.2) is 33.5 Å². The van der Waals surface area contributed by atoms with Crippen molar-refractivity contribution in [2.45, 2.75) is 52.7 Å². The van der Waals surface area contributed by atoms with Crippen molar-refractivity contribution in [2.75, 3.05) is 6.54 Å². The summed E-state index contributed by atoms with van der Waals surface area (Å²) in [5, 5.41) is 14.0. The third-order valence-electron chi connectivity index (χ3n) is 2.58. The molecule has 0 bridgehead atoms. The van der Waals surface area contributed by atoms with Gasteiger partial charge in [0.25, 0.3) is 0 Å². The Morgan fingerprint density at radius 2 is 2.28 bits per heavy atom. The second-order valence-corrected chi connectivity index (χ2v) is 4.45. The molecule has 6 heteroatoms. The summed E-state index contributed by atoms with van der Waals surface area (Å²) in [6.45, 7) is 7.96. The van der Waals surface area contributed by atoms with Crippen LogP contribution in [-0.2, 0) is 17.9 Å². The summed E-state index contributed by atoms with van der Waals surface area (Å²) in [4.78, 5) is 11.7. The highest BCUT2D eigenvalue weighted by Crippen LogP contribution is 1.96. The summed E-state index contributed by atoms with van der Waals surface area (Å²) >= 11 is 0. The van der Waals surface area contributed by atoms with Gasteiger partial charge in [0.2, 0.25) is 5.91 Å². The van der Waals surface area contributed by atoms with Gasteiger partial charge in [0.05, 0.1) is 11.9 Å². The van der Waals surface area contributed by atoms with E-state index in [1.807, 2.05) is 13.8 Å². The van der Waals surface area contributed by atoms with E-state index in [4.69, 9.17) is 0 Å². The van der Waals surface area contributed by atoms with Crippen LogP contribution in [0.3, 0.4) is 0 Å². The van der Waals surface area contributed by atoms with Crippen LogP contribution in [0.25, 0.3) is 0 Å². The molecule has 1 heterocycles. The van der Waals surface area contributed by atoms with Crippen molar-refractivity contribution in [3.05, 3.63) is 11.9 Å². The molecule has 0 saturated carbocycles. The van der Waals surface area contributed by atoms with Crippen LogP contribution >= 0.6 is 0 Å². The first-order chi connectivity index (χ1) is 8.65. The summed E-state index contributed by atoms with van der Waals surface area (Å²) < 4.78 is 1.57. The zero-order valence-corrected chi connectivity index (χ0v) is 11.4. The standard InChI is InChI=1S/C12H23N5O/c1-4-6-10(3)14-12(18)9-17-8-11(15-16-17)7-13-5-2/h8,10,13H,4-7,9H2,1-3H3,(H,14,18). The Morgan fingerprint density at radius 1 is 1.50 bits per heavy atom. The van der Waals surface area contributed by atoms with Crippen molar-refractivity contribution < 1.29 is 4.79 Å². The van der Waals surface area contributed by atoms with Gasteiger partial charge in [-0.15, -0.1) is 5.10 Å². The molecule has 1 amide bonds.